The number of H-pyrrole nitrogens is 1. The summed E-state index contributed by atoms with van der Waals surface area (Å²) in [5.74, 6) is 0.628. The van der Waals surface area contributed by atoms with E-state index in [1.165, 1.54) is 18.4 Å². The van der Waals surface area contributed by atoms with E-state index in [1.54, 1.807) is 6.33 Å². The van der Waals surface area contributed by atoms with Gasteiger partial charge in [0.15, 0.2) is 0 Å². The van der Waals surface area contributed by atoms with Gasteiger partial charge in [-0.15, -0.1) is 0 Å². The number of esters is 1. The van der Waals surface area contributed by atoms with Crippen molar-refractivity contribution in [3.05, 3.63) is 47.4 Å². The third kappa shape index (κ3) is 4.25. The molecule has 2 aliphatic rings. The van der Waals surface area contributed by atoms with Crippen LogP contribution in [-0.2, 0) is 33.6 Å². The van der Waals surface area contributed by atoms with Crippen molar-refractivity contribution < 1.29 is 14.3 Å². The highest BCUT2D eigenvalue weighted by Crippen LogP contribution is 2.37. The van der Waals surface area contributed by atoms with E-state index >= 15 is 0 Å². The van der Waals surface area contributed by atoms with Crippen LogP contribution in [0.5, 0.6) is 0 Å². The lowest BCUT2D eigenvalue weighted by Crippen LogP contribution is -2.59. The number of anilines is 2. The molecule has 0 saturated carbocycles. The molecular formula is C26H32N6O3. The standard InChI is InChI=1S/C26H32N6O3/c1-31(2)26(25(34)29-18-7-4-6-17(14-18)15-21(33)35-3)10-12-32(13-11-26)24-22-19-8-5-9-20(19)30-23(22)27-16-28-24/h4,6-7,14,16H,5,8-13,15H2,1-3H3,(H,29,34)(H,27,28,30). The number of fused-ring (bicyclic) bond motifs is 3. The van der Waals surface area contributed by atoms with Gasteiger partial charge in [-0.25, -0.2) is 9.97 Å². The van der Waals surface area contributed by atoms with Gasteiger partial charge in [0.25, 0.3) is 0 Å². The van der Waals surface area contributed by atoms with E-state index in [4.69, 9.17) is 4.74 Å². The molecule has 0 atom stereocenters. The minimum Gasteiger partial charge on any atom is -0.469 e. The molecule has 1 aliphatic heterocycles. The van der Waals surface area contributed by atoms with Gasteiger partial charge in [0.2, 0.25) is 5.91 Å². The van der Waals surface area contributed by atoms with E-state index in [-0.39, 0.29) is 18.3 Å². The minimum atomic E-state index is -0.638. The van der Waals surface area contributed by atoms with Crippen molar-refractivity contribution in [3.63, 3.8) is 0 Å². The summed E-state index contributed by atoms with van der Waals surface area (Å²) >= 11 is 0. The molecule has 1 aromatic carbocycles. The van der Waals surface area contributed by atoms with Gasteiger partial charge in [-0.1, -0.05) is 12.1 Å². The maximum Gasteiger partial charge on any atom is 0.309 e. The first-order valence-electron chi connectivity index (χ1n) is 12.2. The second-order valence-corrected chi connectivity index (χ2v) is 9.68. The summed E-state index contributed by atoms with van der Waals surface area (Å²) in [6.07, 6.45) is 6.43. The second-order valence-electron chi connectivity index (χ2n) is 9.68. The number of methoxy groups -OCH3 is 1. The number of aryl methyl sites for hydroxylation is 2. The highest BCUT2D eigenvalue weighted by Gasteiger charge is 2.44. The molecule has 5 rings (SSSR count). The molecule has 0 radical (unpaired) electrons. The van der Waals surface area contributed by atoms with Gasteiger partial charge >= 0.3 is 5.97 Å². The number of aromatic amines is 1. The number of piperidine rings is 1. The van der Waals surface area contributed by atoms with Crippen LogP contribution < -0.4 is 10.2 Å². The maximum absolute atomic E-state index is 13.6. The Morgan fingerprint density at radius 3 is 2.74 bits per heavy atom. The van der Waals surface area contributed by atoms with Gasteiger partial charge < -0.3 is 19.9 Å². The van der Waals surface area contributed by atoms with Gasteiger partial charge in [0, 0.05) is 24.5 Å². The van der Waals surface area contributed by atoms with Crippen molar-refractivity contribution in [1.29, 1.82) is 0 Å². The lowest BCUT2D eigenvalue weighted by Gasteiger charge is -2.45. The van der Waals surface area contributed by atoms with Crippen molar-refractivity contribution in [1.82, 2.24) is 19.9 Å². The molecule has 2 aromatic heterocycles. The Hall–Kier alpha value is -3.46. The summed E-state index contributed by atoms with van der Waals surface area (Å²) < 4.78 is 4.76. The maximum atomic E-state index is 13.6. The monoisotopic (exact) mass is 476 g/mol. The fourth-order valence-electron chi connectivity index (χ4n) is 5.50. The highest BCUT2D eigenvalue weighted by molar-refractivity contribution is 5.99. The molecule has 1 aliphatic carbocycles. The third-order valence-electron chi connectivity index (χ3n) is 7.55. The van der Waals surface area contributed by atoms with Gasteiger partial charge in [-0.2, -0.15) is 0 Å². The molecule has 3 aromatic rings. The zero-order valence-corrected chi connectivity index (χ0v) is 20.6. The number of hydrogen-bond donors (Lipinski definition) is 2. The fraction of sp³-hybridized carbons (Fsp3) is 0.462. The summed E-state index contributed by atoms with van der Waals surface area (Å²) in [6, 6.07) is 7.38. The number of hydrogen-bond acceptors (Lipinski definition) is 7. The van der Waals surface area contributed by atoms with Crippen molar-refractivity contribution in [2.24, 2.45) is 0 Å². The van der Waals surface area contributed by atoms with E-state index in [9.17, 15) is 9.59 Å². The summed E-state index contributed by atoms with van der Waals surface area (Å²) in [7, 11) is 5.30. The number of amides is 1. The number of benzene rings is 1. The van der Waals surface area contributed by atoms with Crippen molar-refractivity contribution in [3.8, 4) is 0 Å². The quantitative estimate of drug-likeness (QED) is 0.527. The molecule has 2 N–H and O–H groups in total. The largest absolute Gasteiger partial charge is 0.469 e. The van der Waals surface area contributed by atoms with Crippen LogP contribution in [0.25, 0.3) is 11.0 Å². The van der Waals surface area contributed by atoms with Gasteiger partial charge in [-0.05, 0) is 69.5 Å². The predicted molar refractivity (Wildman–Crippen MR) is 135 cm³/mol. The number of rotatable bonds is 6. The Morgan fingerprint density at radius 2 is 2.00 bits per heavy atom. The third-order valence-corrected chi connectivity index (χ3v) is 7.55. The molecule has 35 heavy (non-hydrogen) atoms. The number of nitrogens with zero attached hydrogens (tertiary/aromatic N) is 4. The zero-order chi connectivity index (χ0) is 24.6. The molecule has 9 nitrogen and oxygen atoms in total. The Morgan fingerprint density at radius 1 is 1.20 bits per heavy atom. The van der Waals surface area contributed by atoms with E-state index in [0.717, 1.165) is 54.8 Å². The van der Waals surface area contributed by atoms with Crippen molar-refractivity contribution in [2.45, 2.75) is 44.1 Å². The minimum absolute atomic E-state index is 0.0345. The van der Waals surface area contributed by atoms with Crippen LogP contribution in [0.1, 0.15) is 36.1 Å². The molecule has 1 fully saturated rings. The van der Waals surface area contributed by atoms with Crippen LogP contribution in [0.2, 0.25) is 0 Å². The Bertz CT molecular complexity index is 1260. The second kappa shape index (κ2) is 9.30. The number of ether oxygens (including phenoxy) is 1. The lowest BCUT2D eigenvalue weighted by atomic mass is 9.85. The number of nitrogens with one attached hydrogen (secondary N) is 2. The fourth-order valence-corrected chi connectivity index (χ4v) is 5.50. The normalized spacial score (nSPS) is 17.0. The molecule has 3 heterocycles. The van der Waals surface area contributed by atoms with Crippen LogP contribution in [0.4, 0.5) is 11.5 Å². The van der Waals surface area contributed by atoms with Crippen molar-refractivity contribution in [2.75, 3.05) is 44.5 Å². The molecular weight excluding hydrogens is 444 g/mol. The molecule has 0 spiro atoms. The summed E-state index contributed by atoms with van der Waals surface area (Å²) in [4.78, 5) is 42.2. The molecule has 0 bridgehead atoms. The topological polar surface area (TPSA) is 103 Å². The van der Waals surface area contributed by atoms with Gasteiger partial charge in [0.05, 0.1) is 18.9 Å². The number of likely N-dealkylation sites (N-methyl/N-ethyl adjacent to an activating group) is 1. The highest BCUT2D eigenvalue weighted by atomic mass is 16.5. The first kappa shape index (κ1) is 23.3. The van der Waals surface area contributed by atoms with E-state index in [1.807, 2.05) is 43.3 Å². The Kier molecular flexibility index (Phi) is 6.19. The molecule has 0 unspecified atom stereocenters. The van der Waals surface area contributed by atoms with E-state index < -0.39 is 5.54 Å². The summed E-state index contributed by atoms with van der Waals surface area (Å²) in [6.45, 7) is 1.44. The Balaban J connectivity index is 1.34. The lowest BCUT2D eigenvalue weighted by molar-refractivity contribution is -0.139. The average molecular weight is 477 g/mol. The van der Waals surface area contributed by atoms with Crippen LogP contribution in [0.15, 0.2) is 30.6 Å². The van der Waals surface area contributed by atoms with Crippen LogP contribution in [0.3, 0.4) is 0 Å². The zero-order valence-electron chi connectivity index (χ0n) is 20.6. The first-order valence-corrected chi connectivity index (χ1v) is 12.2. The number of carbonyl (C=O) groups is 2. The molecule has 1 amide bonds. The van der Waals surface area contributed by atoms with Crippen molar-refractivity contribution >= 4 is 34.4 Å². The van der Waals surface area contributed by atoms with Gasteiger partial charge in [-0.3, -0.25) is 14.5 Å². The van der Waals surface area contributed by atoms with E-state index in [0.29, 0.717) is 18.5 Å². The molecule has 9 heteroatoms. The summed E-state index contributed by atoms with van der Waals surface area (Å²) in [5.41, 5.74) is 4.39. The number of carbonyl (C=O) groups excluding carboxylic acids is 2. The Labute approximate surface area is 204 Å². The molecule has 184 valence electrons. The number of aromatic nitrogens is 3. The van der Waals surface area contributed by atoms with Crippen LogP contribution >= 0.6 is 0 Å². The average Bonchev–Trinajstić information content (AvgIpc) is 3.45. The van der Waals surface area contributed by atoms with Gasteiger partial charge in [0.1, 0.15) is 23.3 Å². The predicted octanol–water partition coefficient (Wildman–Crippen LogP) is 2.70. The van der Waals surface area contributed by atoms with Crippen LogP contribution in [0, 0.1) is 0 Å². The van der Waals surface area contributed by atoms with Crippen LogP contribution in [-0.4, -0.2) is 71.6 Å². The SMILES string of the molecule is COC(=O)Cc1cccc(NC(=O)C2(N(C)C)CCN(c3ncnc4[nH]c5c(c34)CCC5)CC2)c1. The first-order chi connectivity index (χ1) is 16.9. The summed E-state index contributed by atoms with van der Waals surface area (Å²) in [5, 5.41) is 4.24. The smallest absolute Gasteiger partial charge is 0.309 e. The molecule has 1 saturated heterocycles. The van der Waals surface area contributed by atoms with E-state index in [2.05, 4.69) is 25.2 Å².